The van der Waals surface area contributed by atoms with Gasteiger partial charge in [0, 0.05) is 21.8 Å². The quantitative estimate of drug-likeness (QED) is 0.168. The van der Waals surface area contributed by atoms with Gasteiger partial charge >= 0.3 is 0 Å². The van der Waals surface area contributed by atoms with Gasteiger partial charge in [-0.15, -0.1) is 11.8 Å². The lowest BCUT2D eigenvalue weighted by Crippen LogP contribution is -2.30. The summed E-state index contributed by atoms with van der Waals surface area (Å²) in [4.78, 5) is 39.7. The molecule has 4 rings (SSSR count). The molecule has 0 fully saturated rings. The van der Waals surface area contributed by atoms with Gasteiger partial charge in [-0.05, 0) is 67.4 Å². The molecule has 0 aromatic heterocycles. The average Bonchev–Trinajstić information content (AvgIpc) is 2.95. The molecule has 4 aromatic carbocycles. The lowest BCUT2D eigenvalue weighted by atomic mass is 10.1. The zero-order chi connectivity index (χ0) is 27.6. The Balaban J connectivity index is 1.46. The summed E-state index contributed by atoms with van der Waals surface area (Å²) in [6, 6.07) is 32.9. The lowest BCUT2D eigenvalue weighted by Gasteiger charge is -2.15. The van der Waals surface area contributed by atoms with E-state index in [-0.39, 0.29) is 22.8 Å². The molecule has 39 heavy (non-hydrogen) atoms. The predicted molar refractivity (Wildman–Crippen MR) is 159 cm³/mol. The van der Waals surface area contributed by atoms with Gasteiger partial charge < -0.3 is 16.0 Å². The highest BCUT2D eigenvalue weighted by atomic mass is 32.2. The van der Waals surface area contributed by atoms with Gasteiger partial charge in [0.2, 0.25) is 5.91 Å². The van der Waals surface area contributed by atoms with E-state index in [1.807, 2.05) is 86.6 Å². The third-order valence-corrected chi connectivity index (χ3v) is 6.91. The Morgan fingerprint density at radius 1 is 0.769 bits per heavy atom. The topological polar surface area (TPSA) is 87.3 Å². The van der Waals surface area contributed by atoms with Crippen molar-refractivity contribution in [1.29, 1.82) is 0 Å². The maximum Gasteiger partial charge on any atom is 0.272 e. The van der Waals surface area contributed by atoms with Crippen LogP contribution in [0.5, 0.6) is 0 Å². The minimum Gasteiger partial charge on any atom is -0.325 e. The highest BCUT2D eigenvalue weighted by Crippen LogP contribution is 2.27. The molecular weight excluding hydrogens is 506 g/mol. The number of carbonyl (C=O) groups is 3. The van der Waals surface area contributed by atoms with E-state index in [4.69, 9.17) is 0 Å². The van der Waals surface area contributed by atoms with E-state index in [2.05, 4.69) is 16.0 Å². The Bertz CT molecular complexity index is 1490. The van der Waals surface area contributed by atoms with Gasteiger partial charge in [-0.25, -0.2) is 0 Å². The standard InChI is InChI=1S/C32H29N3O3S/c1-22-12-9-10-19-28(22)34-30(36)23(2)39-27-18-11-17-26(21-27)33-32(38)29(20-24-13-5-3-6-14-24)35-31(37)25-15-7-4-8-16-25/h3-21,23H,1-2H3,(H,33,38)(H,34,36)(H,35,37)/b29-20-. The van der Waals surface area contributed by atoms with Gasteiger partial charge in [0.25, 0.3) is 11.8 Å². The Morgan fingerprint density at radius 2 is 1.44 bits per heavy atom. The van der Waals surface area contributed by atoms with E-state index >= 15 is 0 Å². The molecule has 1 unspecified atom stereocenters. The second kappa shape index (κ2) is 13.3. The molecule has 196 valence electrons. The van der Waals surface area contributed by atoms with Crippen LogP contribution in [0, 0.1) is 6.92 Å². The smallest absolute Gasteiger partial charge is 0.272 e. The SMILES string of the molecule is Cc1ccccc1NC(=O)C(C)Sc1cccc(NC(=O)/C(=C/c2ccccc2)NC(=O)c2ccccc2)c1. The molecule has 0 bridgehead atoms. The number of para-hydroxylation sites is 1. The highest BCUT2D eigenvalue weighted by Gasteiger charge is 2.17. The van der Waals surface area contributed by atoms with Crippen molar-refractivity contribution in [1.82, 2.24) is 5.32 Å². The van der Waals surface area contributed by atoms with Crippen LogP contribution >= 0.6 is 11.8 Å². The second-order valence-electron chi connectivity index (χ2n) is 8.84. The number of nitrogens with one attached hydrogen (secondary N) is 3. The fraction of sp³-hybridized carbons (Fsp3) is 0.0938. The third-order valence-electron chi connectivity index (χ3n) is 5.82. The van der Waals surface area contributed by atoms with Crippen molar-refractivity contribution >= 4 is 46.9 Å². The van der Waals surface area contributed by atoms with Crippen LogP contribution in [0.1, 0.15) is 28.4 Å². The number of thioether (sulfide) groups is 1. The van der Waals surface area contributed by atoms with Gasteiger partial charge in [0.15, 0.2) is 0 Å². The molecule has 0 aliphatic rings. The summed E-state index contributed by atoms with van der Waals surface area (Å²) in [7, 11) is 0. The minimum atomic E-state index is -0.462. The number of carbonyl (C=O) groups excluding carboxylic acids is 3. The first kappa shape index (κ1) is 27.4. The van der Waals surface area contributed by atoms with Crippen molar-refractivity contribution in [3.8, 4) is 0 Å². The number of anilines is 2. The molecule has 1 atom stereocenters. The molecule has 0 heterocycles. The molecule has 4 aromatic rings. The summed E-state index contributed by atoms with van der Waals surface area (Å²) in [5.41, 5.74) is 3.65. The van der Waals surface area contributed by atoms with Crippen molar-refractivity contribution in [3.63, 3.8) is 0 Å². The first-order valence-electron chi connectivity index (χ1n) is 12.5. The van der Waals surface area contributed by atoms with Crippen molar-refractivity contribution in [2.75, 3.05) is 10.6 Å². The van der Waals surface area contributed by atoms with Crippen molar-refractivity contribution < 1.29 is 14.4 Å². The molecule has 0 radical (unpaired) electrons. The Labute approximate surface area is 232 Å². The normalized spacial score (nSPS) is 11.8. The Morgan fingerprint density at radius 3 is 2.15 bits per heavy atom. The van der Waals surface area contributed by atoms with E-state index in [0.717, 1.165) is 21.7 Å². The first-order valence-corrected chi connectivity index (χ1v) is 13.3. The average molecular weight is 536 g/mol. The predicted octanol–water partition coefficient (Wildman–Crippen LogP) is 6.52. The molecular formula is C32H29N3O3S. The summed E-state index contributed by atoms with van der Waals surface area (Å²) < 4.78 is 0. The molecule has 0 aliphatic heterocycles. The summed E-state index contributed by atoms with van der Waals surface area (Å²) >= 11 is 1.39. The van der Waals surface area contributed by atoms with Crippen LogP contribution in [-0.2, 0) is 9.59 Å². The molecule has 3 amide bonds. The number of benzene rings is 4. The van der Waals surface area contributed by atoms with Crippen LogP contribution in [0.4, 0.5) is 11.4 Å². The first-order chi connectivity index (χ1) is 18.9. The Kier molecular flexibility index (Phi) is 9.32. The van der Waals surface area contributed by atoms with Gasteiger partial charge in [-0.2, -0.15) is 0 Å². The molecule has 0 saturated carbocycles. The van der Waals surface area contributed by atoms with Crippen LogP contribution in [-0.4, -0.2) is 23.0 Å². The second-order valence-corrected chi connectivity index (χ2v) is 10.2. The summed E-state index contributed by atoms with van der Waals surface area (Å²) in [6.45, 7) is 3.78. The molecule has 6 nitrogen and oxygen atoms in total. The van der Waals surface area contributed by atoms with E-state index in [0.29, 0.717) is 11.3 Å². The van der Waals surface area contributed by atoms with Crippen molar-refractivity contribution in [3.05, 3.63) is 132 Å². The molecule has 0 saturated heterocycles. The monoisotopic (exact) mass is 535 g/mol. The van der Waals surface area contributed by atoms with Crippen molar-refractivity contribution in [2.24, 2.45) is 0 Å². The summed E-state index contributed by atoms with van der Waals surface area (Å²) in [5.74, 6) is -0.957. The lowest BCUT2D eigenvalue weighted by molar-refractivity contribution is -0.115. The van der Waals surface area contributed by atoms with Crippen LogP contribution in [0.25, 0.3) is 6.08 Å². The van der Waals surface area contributed by atoms with Crippen LogP contribution in [0.2, 0.25) is 0 Å². The number of aryl methyl sites for hydroxylation is 1. The van der Waals surface area contributed by atoms with Gasteiger partial charge in [-0.1, -0.05) is 72.8 Å². The maximum absolute atomic E-state index is 13.3. The highest BCUT2D eigenvalue weighted by molar-refractivity contribution is 8.00. The van der Waals surface area contributed by atoms with E-state index < -0.39 is 5.91 Å². The number of rotatable bonds is 9. The molecule has 0 spiro atoms. The fourth-order valence-electron chi connectivity index (χ4n) is 3.71. The van der Waals surface area contributed by atoms with E-state index in [1.165, 1.54) is 11.8 Å². The fourth-order valence-corrected chi connectivity index (χ4v) is 4.64. The number of amides is 3. The zero-order valence-corrected chi connectivity index (χ0v) is 22.5. The van der Waals surface area contributed by atoms with Crippen LogP contribution in [0.3, 0.4) is 0 Å². The zero-order valence-electron chi connectivity index (χ0n) is 21.7. The summed E-state index contributed by atoms with van der Waals surface area (Å²) in [6.07, 6.45) is 1.63. The molecule has 3 N–H and O–H groups in total. The largest absolute Gasteiger partial charge is 0.325 e. The minimum absolute atomic E-state index is 0.110. The van der Waals surface area contributed by atoms with Crippen LogP contribution < -0.4 is 16.0 Å². The Hall–Kier alpha value is -4.62. The number of hydrogen-bond acceptors (Lipinski definition) is 4. The maximum atomic E-state index is 13.3. The van der Waals surface area contributed by atoms with Gasteiger partial charge in [0.1, 0.15) is 5.70 Å². The van der Waals surface area contributed by atoms with E-state index in [9.17, 15) is 14.4 Å². The van der Waals surface area contributed by atoms with Crippen molar-refractivity contribution in [2.45, 2.75) is 24.0 Å². The van der Waals surface area contributed by atoms with E-state index in [1.54, 1.807) is 42.5 Å². The number of hydrogen-bond donors (Lipinski definition) is 3. The van der Waals surface area contributed by atoms with Crippen LogP contribution in [0.15, 0.2) is 120 Å². The molecule has 0 aliphatic carbocycles. The summed E-state index contributed by atoms with van der Waals surface area (Å²) in [5, 5.41) is 8.22. The van der Waals surface area contributed by atoms with Gasteiger partial charge in [-0.3, -0.25) is 14.4 Å². The third kappa shape index (κ3) is 7.93. The van der Waals surface area contributed by atoms with Gasteiger partial charge in [0.05, 0.1) is 5.25 Å². The molecule has 7 heteroatoms.